The summed E-state index contributed by atoms with van der Waals surface area (Å²) in [5.41, 5.74) is 0.344. The van der Waals surface area contributed by atoms with Gasteiger partial charge in [-0.25, -0.2) is 0 Å². The molecule has 0 aliphatic carbocycles. The van der Waals surface area contributed by atoms with Gasteiger partial charge in [0.2, 0.25) is 0 Å². The largest absolute Gasteiger partial charge is 0.482 e. The number of para-hydroxylation sites is 1. The fourth-order valence-electron chi connectivity index (χ4n) is 1.86. The standard InChI is InChI=1S/C16H22N2O3/c1-16(2,8-5-9-19)12-18-15(20)11-21-14-7-4-3-6-13(14)10-17/h3-4,6-7,19H,5,8-9,11-12H2,1-2H3,(H,18,20). The molecule has 5 heteroatoms. The van der Waals surface area contributed by atoms with E-state index in [2.05, 4.69) is 5.32 Å². The first-order valence-corrected chi connectivity index (χ1v) is 6.98. The van der Waals surface area contributed by atoms with Crippen LogP contribution in [0.15, 0.2) is 24.3 Å². The number of nitriles is 1. The molecule has 0 unspecified atom stereocenters. The van der Waals surface area contributed by atoms with E-state index in [1.165, 1.54) is 0 Å². The molecule has 1 amide bonds. The van der Waals surface area contributed by atoms with Gasteiger partial charge in [-0.1, -0.05) is 26.0 Å². The third-order valence-electron chi connectivity index (χ3n) is 3.14. The van der Waals surface area contributed by atoms with Crippen molar-refractivity contribution >= 4 is 5.91 Å². The zero-order valence-corrected chi connectivity index (χ0v) is 12.6. The second kappa shape index (κ2) is 8.28. The van der Waals surface area contributed by atoms with Crippen molar-refractivity contribution in [1.82, 2.24) is 5.32 Å². The van der Waals surface area contributed by atoms with Crippen LogP contribution in [-0.2, 0) is 4.79 Å². The Bertz CT molecular complexity index is 506. The van der Waals surface area contributed by atoms with Gasteiger partial charge in [-0.3, -0.25) is 4.79 Å². The highest BCUT2D eigenvalue weighted by molar-refractivity contribution is 5.77. The minimum Gasteiger partial charge on any atom is -0.482 e. The Morgan fingerprint density at radius 2 is 2.14 bits per heavy atom. The minimum absolute atomic E-state index is 0.0665. The summed E-state index contributed by atoms with van der Waals surface area (Å²) in [6, 6.07) is 8.83. The molecule has 1 rings (SSSR count). The first kappa shape index (κ1) is 17.0. The zero-order valence-electron chi connectivity index (χ0n) is 12.6. The van der Waals surface area contributed by atoms with Gasteiger partial charge in [0.1, 0.15) is 11.8 Å². The normalized spacial score (nSPS) is 10.8. The molecule has 0 aromatic heterocycles. The molecule has 0 saturated heterocycles. The summed E-state index contributed by atoms with van der Waals surface area (Å²) in [5.74, 6) is 0.189. The van der Waals surface area contributed by atoms with Crippen molar-refractivity contribution in [3.05, 3.63) is 29.8 Å². The summed E-state index contributed by atoms with van der Waals surface area (Å²) < 4.78 is 5.36. The number of benzene rings is 1. The van der Waals surface area contributed by atoms with Crippen LogP contribution >= 0.6 is 0 Å². The van der Waals surface area contributed by atoms with Crippen LogP contribution in [0, 0.1) is 16.7 Å². The fraction of sp³-hybridized carbons (Fsp3) is 0.500. The summed E-state index contributed by atoms with van der Waals surface area (Å²) in [7, 11) is 0. The molecule has 2 N–H and O–H groups in total. The topological polar surface area (TPSA) is 82.3 Å². The highest BCUT2D eigenvalue weighted by atomic mass is 16.5. The number of hydrogen-bond acceptors (Lipinski definition) is 4. The molecule has 0 spiro atoms. The van der Waals surface area contributed by atoms with E-state index in [0.29, 0.717) is 17.9 Å². The Hall–Kier alpha value is -2.06. The molecule has 0 fully saturated rings. The predicted octanol–water partition coefficient (Wildman–Crippen LogP) is 1.85. The van der Waals surface area contributed by atoms with E-state index in [-0.39, 0.29) is 24.5 Å². The average Bonchev–Trinajstić information content (AvgIpc) is 2.49. The van der Waals surface area contributed by atoms with Gasteiger partial charge in [-0.15, -0.1) is 0 Å². The number of nitrogens with zero attached hydrogens (tertiary/aromatic N) is 1. The maximum atomic E-state index is 11.8. The highest BCUT2D eigenvalue weighted by Crippen LogP contribution is 2.20. The number of aliphatic hydroxyl groups is 1. The van der Waals surface area contributed by atoms with Gasteiger partial charge >= 0.3 is 0 Å². The Labute approximate surface area is 125 Å². The van der Waals surface area contributed by atoms with Crippen LogP contribution in [0.4, 0.5) is 0 Å². The molecule has 5 nitrogen and oxygen atoms in total. The van der Waals surface area contributed by atoms with Crippen LogP contribution in [0.1, 0.15) is 32.3 Å². The van der Waals surface area contributed by atoms with Crippen molar-refractivity contribution in [3.8, 4) is 11.8 Å². The van der Waals surface area contributed by atoms with Crippen LogP contribution in [0.3, 0.4) is 0 Å². The third kappa shape index (κ3) is 6.28. The molecule has 0 radical (unpaired) electrons. The molecular weight excluding hydrogens is 268 g/mol. The van der Waals surface area contributed by atoms with Gasteiger partial charge in [0.25, 0.3) is 5.91 Å². The fourth-order valence-corrected chi connectivity index (χ4v) is 1.86. The lowest BCUT2D eigenvalue weighted by Gasteiger charge is -2.24. The Kier molecular flexibility index (Phi) is 6.70. The van der Waals surface area contributed by atoms with E-state index in [1.54, 1.807) is 24.3 Å². The minimum atomic E-state index is -0.222. The number of carbonyl (C=O) groups is 1. The van der Waals surface area contributed by atoms with Crippen LogP contribution in [0.2, 0.25) is 0 Å². The van der Waals surface area contributed by atoms with Crippen LogP contribution in [0.25, 0.3) is 0 Å². The summed E-state index contributed by atoms with van der Waals surface area (Å²) in [5, 5.41) is 20.6. The number of aliphatic hydroxyl groups excluding tert-OH is 1. The second-order valence-electron chi connectivity index (χ2n) is 5.66. The van der Waals surface area contributed by atoms with E-state index in [1.807, 2.05) is 19.9 Å². The third-order valence-corrected chi connectivity index (χ3v) is 3.14. The van der Waals surface area contributed by atoms with Gasteiger partial charge in [0.05, 0.1) is 5.56 Å². The SMILES string of the molecule is CC(C)(CCCO)CNC(=O)COc1ccccc1C#N. The number of hydrogen-bond donors (Lipinski definition) is 2. The second-order valence-corrected chi connectivity index (χ2v) is 5.66. The first-order valence-electron chi connectivity index (χ1n) is 6.98. The molecule has 0 aliphatic rings. The van der Waals surface area contributed by atoms with E-state index in [4.69, 9.17) is 15.1 Å². The number of rotatable bonds is 8. The van der Waals surface area contributed by atoms with Gasteiger partial charge in [-0.05, 0) is 30.4 Å². The average molecular weight is 290 g/mol. The molecule has 1 aromatic rings. The van der Waals surface area contributed by atoms with Crippen molar-refractivity contribution in [1.29, 1.82) is 5.26 Å². The molecule has 21 heavy (non-hydrogen) atoms. The predicted molar refractivity (Wildman–Crippen MR) is 79.8 cm³/mol. The zero-order chi connectivity index (χ0) is 15.7. The lowest BCUT2D eigenvalue weighted by Crippen LogP contribution is -2.36. The number of nitrogens with one attached hydrogen (secondary N) is 1. The Morgan fingerprint density at radius 1 is 1.43 bits per heavy atom. The van der Waals surface area contributed by atoms with Gasteiger partial charge in [0, 0.05) is 13.2 Å². The number of carbonyl (C=O) groups excluding carboxylic acids is 1. The van der Waals surface area contributed by atoms with Gasteiger partial charge in [-0.2, -0.15) is 5.26 Å². The Morgan fingerprint density at radius 3 is 2.81 bits per heavy atom. The summed E-state index contributed by atoms with van der Waals surface area (Å²) >= 11 is 0. The summed E-state index contributed by atoms with van der Waals surface area (Å²) in [4.78, 5) is 11.8. The monoisotopic (exact) mass is 290 g/mol. The van der Waals surface area contributed by atoms with Crippen molar-refractivity contribution in [3.63, 3.8) is 0 Å². The first-order chi connectivity index (χ1) is 9.98. The maximum absolute atomic E-state index is 11.8. The van der Waals surface area contributed by atoms with Crippen molar-refractivity contribution in [2.24, 2.45) is 5.41 Å². The van der Waals surface area contributed by atoms with Crippen molar-refractivity contribution < 1.29 is 14.6 Å². The van der Waals surface area contributed by atoms with Crippen LogP contribution in [-0.4, -0.2) is 30.8 Å². The maximum Gasteiger partial charge on any atom is 0.257 e. The van der Waals surface area contributed by atoms with E-state index in [0.717, 1.165) is 12.8 Å². The molecule has 0 atom stereocenters. The molecule has 0 saturated carbocycles. The lowest BCUT2D eigenvalue weighted by molar-refractivity contribution is -0.123. The smallest absolute Gasteiger partial charge is 0.257 e. The van der Waals surface area contributed by atoms with Crippen molar-refractivity contribution in [2.45, 2.75) is 26.7 Å². The van der Waals surface area contributed by atoms with E-state index >= 15 is 0 Å². The molecule has 0 aliphatic heterocycles. The molecule has 1 aromatic carbocycles. The van der Waals surface area contributed by atoms with Gasteiger partial charge < -0.3 is 15.2 Å². The van der Waals surface area contributed by atoms with E-state index in [9.17, 15) is 4.79 Å². The summed E-state index contributed by atoms with van der Waals surface area (Å²) in [6.45, 7) is 4.64. The van der Waals surface area contributed by atoms with Gasteiger partial charge in [0.15, 0.2) is 6.61 Å². The Balaban J connectivity index is 2.39. The number of ether oxygens (including phenoxy) is 1. The van der Waals surface area contributed by atoms with Crippen LogP contribution in [0.5, 0.6) is 5.75 Å². The molecule has 0 heterocycles. The van der Waals surface area contributed by atoms with E-state index < -0.39 is 0 Å². The van der Waals surface area contributed by atoms with Crippen molar-refractivity contribution in [2.75, 3.05) is 19.8 Å². The lowest BCUT2D eigenvalue weighted by atomic mass is 9.88. The molecular formula is C16H22N2O3. The van der Waals surface area contributed by atoms with Crippen LogP contribution < -0.4 is 10.1 Å². The quantitative estimate of drug-likeness (QED) is 0.765. The summed E-state index contributed by atoms with van der Waals surface area (Å²) in [6.07, 6.45) is 1.55. The highest BCUT2D eigenvalue weighted by Gasteiger charge is 2.18. The number of amides is 1. The molecule has 0 bridgehead atoms. The molecule has 114 valence electrons.